The highest BCUT2D eigenvalue weighted by molar-refractivity contribution is 6.03. The Morgan fingerprint density at radius 1 is 1.38 bits per heavy atom. The van der Waals surface area contributed by atoms with Gasteiger partial charge in [0.25, 0.3) is 0 Å². The van der Waals surface area contributed by atoms with Gasteiger partial charge in [-0.05, 0) is 45.4 Å². The number of nitrogens with one attached hydrogen (secondary N) is 1. The minimum atomic E-state index is -0.103. The second-order valence-electron chi connectivity index (χ2n) is 4.69. The topological polar surface area (TPSA) is 32.3 Å². The molecular formula is C13H18N2O. The molecule has 1 aromatic rings. The summed E-state index contributed by atoms with van der Waals surface area (Å²) in [7, 11) is 0. The number of nitrogens with zero attached hydrogens (tertiary/aromatic N) is 1. The van der Waals surface area contributed by atoms with Gasteiger partial charge in [-0.15, -0.1) is 0 Å². The lowest BCUT2D eigenvalue weighted by Gasteiger charge is -2.39. The normalized spacial score (nSPS) is 19.7. The molecule has 16 heavy (non-hydrogen) atoms. The minimum absolute atomic E-state index is 0.0741. The van der Waals surface area contributed by atoms with Crippen LogP contribution in [0.15, 0.2) is 18.2 Å². The summed E-state index contributed by atoms with van der Waals surface area (Å²) in [6.45, 7) is 8.24. The van der Waals surface area contributed by atoms with Gasteiger partial charge in [0.2, 0.25) is 5.91 Å². The molecular weight excluding hydrogens is 200 g/mol. The van der Waals surface area contributed by atoms with Crippen molar-refractivity contribution in [1.29, 1.82) is 0 Å². The number of anilines is 2. The van der Waals surface area contributed by atoms with Crippen molar-refractivity contribution in [3.8, 4) is 0 Å². The van der Waals surface area contributed by atoms with Gasteiger partial charge in [0.05, 0.1) is 11.4 Å². The van der Waals surface area contributed by atoms with Crippen LogP contribution in [0.3, 0.4) is 0 Å². The molecule has 1 unspecified atom stereocenters. The molecule has 86 valence electrons. The SMILES string of the molecule is Cc1ccc2c(c1)N(C(C)C)C(C)C(=O)N2. The molecule has 1 N–H and O–H groups in total. The molecule has 2 rings (SSSR count). The highest BCUT2D eigenvalue weighted by Crippen LogP contribution is 2.34. The van der Waals surface area contributed by atoms with Gasteiger partial charge in [0.15, 0.2) is 0 Å². The van der Waals surface area contributed by atoms with Gasteiger partial charge in [-0.25, -0.2) is 0 Å². The van der Waals surface area contributed by atoms with E-state index in [9.17, 15) is 4.79 Å². The van der Waals surface area contributed by atoms with E-state index in [4.69, 9.17) is 0 Å². The molecule has 1 atom stereocenters. The number of hydrogen-bond acceptors (Lipinski definition) is 2. The van der Waals surface area contributed by atoms with Gasteiger partial charge in [0.1, 0.15) is 6.04 Å². The molecule has 3 heteroatoms. The fourth-order valence-corrected chi connectivity index (χ4v) is 2.26. The first-order valence-corrected chi connectivity index (χ1v) is 5.70. The number of carbonyl (C=O) groups excluding carboxylic acids is 1. The fraction of sp³-hybridized carbons (Fsp3) is 0.462. The van der Waals surface area contributed by atoms with E-state index in [0.717, 1.165) is 11.4 Å². The molecule has 0 aromatic heterocycles. The molecule has 3 nitrogen and oxygen atoms in total. The fourth-order valence-electron chi connectivity index (χ4n) is 2.26. The molecule has 1 aliphatic rings. The third-order valence-electron chi connectivity index (χ3n) is 3.04. The Bertz CT molecular complexity index is 426. The van der Waals surface area contributed by atoms with Gasteiger partial charge in [-0.2, -0.15) is 0 Å². The van der Waals surface area contributed by atoms with Crippen LogP contribution >= 0.6 is 0 Å². The summed E-state index contributed by atoms with van der Waals surface area (Å²) in [5.41, 5.74) is 3.26. The summed E-state index contributed by atoms with van der Waals surface area (Å²) >= 11 is 0. The van der Waals surface area contributed by atoms with Crippen LogP contribution in [-0.4, -0.2) is 18.0 Å². The van der Waals surface area contributed by atoms with Crippen molar-refractivity contribution >= 4 is 17.3 Å². The van der Waals surface area contributed by atoms with Crippen molar-refractivity contribution in [3.63, 3.8) is 0 Å². The number of carbonyl (C=O) groups is 1. The van der Waals surface area contributed by atoms with Crippen LogP contribution in [0.5, 0.6) is 0 Å². The van der Waals surface area contributed by atoms with Crippen LogP contribution in [0.25, 0.3) is 0 Å². The first-order chi connectivity index (χ1) is 7.50. The van der Waals surface area contributed by atoms with Crippen molar-refractivity contribution in [2.45, 2.75) is 39.8 Å². The summed E-state index contributed by atoms with van der Waals surface area (Å²) in [5.74, 6) is 0.0741. The van der Waals surface area contributed by atoms with E-state index in [1.807, 2.05) is 19.1 Å². The summed E-state index contributed by atoms with van der Waals surface area (Å²) < 4.78 is 0. The lowest BCUT2D eigenvalue weighted by atomic mass is 10.1. The zero-order chi connectivity index (χ0) is 11.9. The van der Waals surface area contributed by atoms with E-state index in [-0.39, 0.29) is 11.9 Å². The largest absolute Gasteiger partial charge is 0.356 e. The summed E-state index contributed by atoms with van der Waals surface area (Å²) in [5, 5.41) is 2.94. The van der Waals surface area contributed by atoms with E-state index in [1.54, 1.807) is 0 Å². The Balaban J connectivity index is 2.53. The molecule has 1 heterocycles. The minimum Gasteiger partial charge on any atom is -0.356 e. The van der Waals surface area contributed by atoms with E-state index in [0.29, 0.717) is 6.04 Å². The standard InChI is InChI=1S/C13H18N2O/c1-8(2)15-10(4)13(16)14-11-6-5-9(3)7-12(11)15/h5-8,10H,1-4H3,(H,14,16). The summed E-state index contributed by atoms with van der Waals surface area (Å²) in [6.07, 6.45) is 0. The maximum absolute atomic E-state index is 11.8. The van der Waals surface area contributed by atoms with Gasteiger partial charge in [-0.1, -0.05) is 6.07 Å². The molecule has 1 aliphatic heterocycles. The lowest BCUT2D eigenvalue weighted by Crippen LogP contribution is -2.49. The molecule has 0 bridgehead atoms. The van der Waals surface area contributed by atoms with Crippen LogP contribution < -0.4 is 10.2 Å². The van der Waals surface area contributed by atoms with E-state index < -0.39 is 0 Å². The predicted octanol–water partition coefficient (Wildman–Crippen LogP) is 2.55. The predicted molar refractivity (Wildman–Crippen MR) is 66.9 cm³/mol. The van der Waals surface area contributed by atoms with Crippen LogP contribution in [0.2, 0.25) is 0 Å². The average molecular weight is 218 g/mol. The molecule has 0 saturated heterocycles. The maximum Gasteiger partial charge on any atom is 0.246 e. The van der Waals surface area contributed by atoms with Crippen LogP contribution in [-0.2, 0) is 4.79 Å². The molecule has 0 fully saturated rings. The van der Waals surface area contributed by atoms with Crippen molar-refractivity contribution in [2.24, 2.45) is 0 Å². The van der Waals surface area contributed by atoms with Crippen molar-refractivity contribution in [3.05, 3.63) is 23.8 Å². The third-order valence-corrected chi connectivity index (χ3v) is 3.04. The van der Waals surface area contributed by atoms with E-state index in [2.05, 4.69) is 37.1 Å². The van der Waals surface area contributed by atoms with Crippen molar-refractivity contribution in [1.82, 2.24) is 0 Å². The Kier molecular flexibility index (Phi) is 2.62. The molecule has 1 amide bonds. The van der Waals surface area contributed by atoms with E-state index in [1.165, 1.54) is 5.56 Å². The van der Waals surface area contributed by atoms with Gasteiger partial charge >= 0.3 is 0 Å². The van der Waals surface area contributed by atoms with Gasteiger partial charge in [0, 0.05) is 6.04 Å². The zero-order valence-corrected chi connectivity index (χ0v) is 10.2. The Labute approximate surface area is 96.5 Å². The van der Waals surface area contributed by atoms with Crippen molar-refractivity contribution in [2.75, 3.05) is 10.2 Å². The Morgan fingerprint density at radius 2 is 2.06 bits per heavy atom. The summed E-state index contributed by atoms with van der Waals surface area (Å²) in [4.78, 5) is 14.0. The lowest BCUT2D eigenvalue weighted by molar-refractivity contribution is -0.117. The molecule has 1 aromatic carbocycles. The second-order valence-corrected chi connectivity index (χ2v) is 4.69. The van der Waals surface area contributed by atoms with Crippen LogP contribution in [0.1, 0.15) is 26.3 Å². The number of amides is 1. The van der Waals surface area contributed by atoms with Crippen molar-refractivity contribution < 1.29 is 4.79 Å². The Morgan fingerprint density at radius 3 is 2.69 bits per heavy atom. The smallest absolute Gasteiger partial charge is 0.246 e. The Hall–Kier alpha value is -1.51. The zero-order valence-electron chi connectivity index (χ0n) is 10.2. The number of benzene rings is 1. The molecule has 0 radical (unpaired) electrons. The first-order valence-electron chi connectivity index (χ1n) is 5.70. The highest BCUT2D eigenvalue weighted by atomic mass is 16.2. The quantitative estimate of drug-likeness (QED) is 0.785. The number of fused-ring (bicyclic) bond motifs is 1. The average Bonchev–Trinajstić information content (AvgIpc) is 2.20. The van der Waals surface area contributed by atoms with Gasteiger partial charge in [-0.3, -0.25) is 4.79 Å². The van der Waals surface area contributed by atoms with Crippen LogP contribution in [0, 0.1) is 6.92 Å². The second kappa shape index (κ2) is 3.81. The van der Waals surface area contributed by atoms with Gasteiger partial charge < -0.3 is 10.2 Å². The molecule has 0 saturated carbocycles. The van der Waals surface area contributed by atoms with E-state index >= 15 is 0 Å². The monoisotopic (exact) mass is 218 g/mol. The number of rotatable bonds is 1. The molecule has 0 aliphatic carbocycles. The molecule has 0 spiro atoms. The maximum atomic E-state index is 11.8. The van der Waals surface area contributed by atoms with Crippen LogP contribution in [0.4, 0.5) is 11.4 Å². The number of hydrogen-bond donors (Lipinski definition) is 1. The highest BCUT2D eigenvalue weighted by Gasteiger charge is 2.30. The number of aryl methyl sites for hydroxylation is 1. The third kappa shape index (κ3) is 1.66. The first kappa shape index (κ1) is 11.0. The summed E-state index contributed by atoms with van der Waals surface area (Å²) in [6, 6.07) is 6.35.